The summed E-state index contributed by atoms with van der Waals surface area (Å²) in [6, 6.07) is 14.8. The minimum atomic E-state index is 0.000168. The number of halogens is 1. The van der Waals surface area contributed by atoms with E-state index >= 15 is 0 Å². The van der Waals surface area contributed by atoms with E-state index in [2.05, 4.69) is 77.7 Å². The van der Waals surface area contributed by atoms with Crippen molar-refractivity contribution in [3.63, 3.8) is 0 Å². The van der Waals surface area contributed by atoms with Crippen LogP contribution in [0.1, 0.15) is 35.2 Å². The normalized spacial score (nSPS) is 12.4. The first-order valence-electron chi connectivity index (χ1n) is 6.47. The summed E-state index contributed by atoms with van der Waals surface area (Å²) in [4.78, 5) is 0. The van der Waals surface area contributed by atoms with E-state index in [0.717, 1.165) is 16.5 Å². The molecule has 2 nitrogen and oxygen atoms in total. The van der Waals surface area contributed by atoms with E-state index in [9.17, 15) is 0 Å². The Labute approximate surface area is 123 Å². The Hall–Kier alpha value is -1.16. The number of nitrogens with two attached hydrogens (primary N) is 1. The van der Waals surface area contributed by atoms with Crippen LogP contribution in [0, 0.1) is 6.92 Å². The van der Waals surface area contributed by atoms with Gasteiger partial charge in [0.2, 0.25) is 0 Å². The summed E-state index contributed by atoms with van der Waals surface area (Å²) in [5.41, 5.74) is 7.79. The molecular formula is C16H19BrN2. The molecule has 3 N–H and O–H groups in total. The zero-order chi connectivity index (χ0) is 13.8. The summed E-state index contributed by atoms with van der Waals surface area (Å²) in [6.07, 6.45) is 1.05. The molecule has 19 heavy (non-hydrogen) atoms. The smallest absolute Gasteiger partial charge is 0.0721 e. The van der Waals surface area contributed by atoms with Gasteiger partial charge in [0.05, 0.1) is 6.04 Å². The molecule has 1 atom stereocenters. The van der Waals surface area contributed by atoms with Crippen molar-refractivity contribution < 1.29 is 0 Å². The third kappa shape index (κ3) is 3.06. The Bertz CT molecular complexity index is 549. The third-order valence-corrected chi connectivity index (χ3v) is 4.50. The van der Waals surface area contributed by atoms with Crippen molar-refractivity contribution in [3.8, 4) is 0 Å². The van der Waals surface area contributed by atoms with Crippen molar-refractivity contribution in [1.29, 1.82) is 0 Å². The third-order valence-electron chi connectivity index (χ3n) is 3.42. The van der Waals surface area contributed by atoms with E-state index in [-0.39, 0.29) is 6.04 Å². The Morgan fingerprint density at radius 3 is 2.42 bits per heavy atom. The number of hydrazine groups is 1. The molecule has 0 aliphatic rings. The molecule has 2 aromatic rings. The number of rotatable bonds is 4. The monoisotopic (exact) mass is 318 g/mol. The van der Waals surface area contributed by atoms with Crippen LogP contribution in [0.5, 0.6) is 0 Å². The van der Waals surface area contributed by atoms with Crippen LogP contribution in [-0.4, -0.2) is 0 Å². The van der Waals surface area contributed by atoms with Crippen LogP contribution in [0.2, 0.25) is 0 Å². The zero-order valence-electron chi connectivity index (χ0n) is 11.3. The molecule has 0 bridgehead atoms. The highest BCUT2D eigenvalue weighted by Gasteiger charge is 2.15. The van der Waals surface area contributed by atoms with Gasteiger partial charge >= 0.3 is 0 Å². The first-order chi connectivity index (χ1) is 9.17. The number of aryl methyl sites for hydroxylation is 2. The van der Waals surface area contributed by atoms with Crippen molar-refractivity contribution in [1.82, 2.24) is 5.43 Å². The molecule has 0 aromatic heterocycles. The lowest BCUT2D eigenvalue weighted by atomic mass is 9.97. The van der Waals surface area contributed by atoms with Crippen LogP contribution in [-0.2, 0) is 6.42 Å². The van der Waals surface area contributed by atoms with Gasteiger partial charge in [-0.15, -0.1) is 0 Å². The van der Waals surface area contributed by atoms with Crippen LogP contribution in [0.15, 0.2) is 46.9 Å². The lowest BCUT2D eigenvalue weighted by Crippen LogP contribution is -2.29. The fourth-order valence-electron chi connectivity index (χ4n) is 2.20. The van der Waals surface area contributed by atoms with Crippen LogP contribution in [0.3, 0.4) is 0 Å². The molecule has 0 aliphatic carbocycles. The summed E-state index contributed by atoms with van der Waals surface area (Å²) in [5, 5.41) is 0. The van der Waals surface area contributed by atoms with E-state index in [1.807, 2.05) is 0 Å². The Morgan fingerprint density at radius 2 is 1.84 bits per heavy atom. The lowest BCUT2D eigenvalue weighted by molar-refractivity contribution is 0.634. The number of hydrogen-bond acceptors (Lipinski definition) is 2. The number of hydrogen-bond donors (Lipinski definition) is 2. The molecule has 2 rings (SSSR count). The molecule has 1 unspecified atom stereocenters. The van der Waals surface area contributed by atoms with Crippen molar-refractivity contribution in [2.75, 3.05) is 0 Å². The topological polar surface area (TPSA) is 38.0 Å². The quantitative estimate of drug-likeness (QED) is 0.663. The highest BCUT2D eigenvalue weighted by Crippen LogP contribution is 2.30. The molecule has 0 saturated carbocycles. The summed E-state index contributed by atoms with van der Waals surface area (Å²) < 4.78 is 1.11. The summed E-state index contributed by atoms with van der Waals surface area (Å²) >= 11 is 3.65. The van der Waals surface area contributed by atoms with E-state index in [4.69, 9.17) is 5.84 Å². The molecule has 100 valence electrons. The average molecular weight is 319 g/mol. The first kappa shape index (κ1) is 14.3. The molecule has 0 aliphatic heterocycles. The SMILES string of the molecule is CCc1ccc(C(NN)c2cccc(C)c2Br)cc1. The molecule has 3 heteroatoms. The molecule has 0 fully saturated rings. The van der Waals surface area contributed by atoms with Crippen LogP contribution in [0.25, 0.3) is 0 Å². The van der Waals surface area contributed by atoms with Gasteiger partial charge in [-0.1, -0.05) is 65.3 Å². The van der Waals surface area contributed by atoms with Gasteiger partial charge in [0, 0.05) is 4.47 Å². The Kier molecular flexibility index (Phi) is 4.75. The van der Waals surface area contributed by atoms with E-state index < -0.39 is 0 Å². The maximum atomic E-state index is 5.76. The first-order valence-corrected chi connectivity index (χ1v) is 7.26. The van der Waals surface area contributed by atoms with Crippen molar-refractivity contribution >= 4 is 15.9 Å². The van der Waals surface area contributed by atoms with Gasteiger partial charge in [0.1, 0.15) is 0 Å². The summed E-state index contributed by atoms with van der Waals surface area (Å²) in [5.74, 6) is 5.76. The minimum Gasteiger partial charge on any atom is -0.271 e. The number of nitrogens with one attached hydrogen (secondary N) is 1. The molecule has 0 heterocycles. The fourth-order valence-corrected chi connectivity index (χ4v) is 2.70. The standard InChI is InChI=1S/C16H19BrN2/c1-3-12-7-9-13(10-8-12)16(19-18)14-6-4-5-11(2)15(14)17/h4-10,16,19H,3,18H2,1-2H3. The van der Waals surface area contributed by atoms with Gasteiger partial charge in [-0.25, -0.2) is 5.43 Å². The van der Waals surface area contributed by atoms with Crippen molar-refractivity contribution in [3.05, 3.63) is 69.2 Å². The van der Waals surface area contributed by atoms with Crippen molar-refractivity contribution in [2.24, 2.45) is 5.84 Å². The van der Waals surface area contributed by atoms with E-state index in [1.54, 1.807) is 0 Å². The van der Waals surface area contributed by atoms with Gasteiger partial charge in [0.15, 0.2) is 0 Å². The second-order valence-corrected chi connectivity index (χ2v) is 5.47. The molecule has 2 aromatic carbocycles. The largest absolute Gasteiger partial charge is 0.271 e. The lowest BCUT2D eigenvalue weighted by Gasteiger charge is -2.19. The fraction of sp³-hybridized carbons (Fsp3) is 0.250. The molecule has 0 spiro atoms. The molecule has 0 radical (unpaired) electrons. The van der Waals surface area contributed by atoms with Crippen LogP contribution < -0.4 is 11.3 Å². The van der Waals surface area contributed by atoms with Crippen LogP contribution in [0.4, 0.5) is 0 Å². The Balaban J connectivity index is 2.40. The van der Waals surface area contributed by atoms with Crippen molar-refractivity contribution in [2.45, 2.75) is 26.3 Å². The Morgan fingerprint density at radius 1 is 1.16 bits per heavy atom. The maximum absolute atomic E-state index is 5.76. The predicted molar refractivity (Wildman–Crippen MR) is 83.9 cm³/mol. The minimum absolute atomic E-state index is 0.000168. The zero-order valence-corrected chi connectivity index (χ0v) is 12.9. The van der Waals surface area contributed by atoms with Gasteiger partial charge in [-0.2, -0.15) is 0 Å². The molecule has 0 saturated heterocycles. The highest BCUT2D eigenvalue weighted by molar-refractivity contribution is 9.10. The summed E-state index contributed by atoms with van der Waals surface area (Å²) in [7, 11) is 0. The predicted octanol–water partition coefficient (Wildman–Crippen LogP) is 3.87. The number of benzene rings is 2. The second-order valence-electron chi connectivity index (χ2n) is 4.67. The van der Waals surface area contributed by atoms with E-state index in [0.29, 0.717) is 0 Å². The van der Waals surface area contributed by atoms with E-state index in [1.165, 1.54) is 16.7 Å². The van der Waals surface area contributed by atoms with Gasteiger partial charge in [0.25, 0.3) is 0 Å². The second kappa shape index (κ2) is 6.33. The average Bonchev–Trinajstić information content (AvgIpc) is 2.45. The molecular weight excluding hydrogens is 300 g/mol. The summed E-state index contributed by atoms with van der Waals surface area (Å²) in [6.45, 7) is 4.24. The highest BCUT2D eigenvalue weighted by atomic mass is 79.9. The van der Waals surface area contributed by atoms with Crippen LogP contribution >= 0.6 is 15.9 Å². The van der Waals surface area contributed by atoms with Gasteiger partial charge < -0.3 is 0 Å². The molecule has 0 amide bonds. The van der Waals surface area contributed by atoms with Gasteiger partial charge in [-0.3, -0.25) is 5.84 Å². The van der Waals surface area contributed by atoms with Gasteiger partial charge in [-0.05, 0) is 35.6 Å². The maximum Gasteiger partial charge on any atom is 0.0721 e.